The molecule has 65 heavy (non-hydrogen) atoms. The monoisotopic (exact) mass is 889 g/mol. The molecule has 4 N–H and O–H groups in total. The van der Waals surface area contributed by atoms with E-state index in [-0.39, 0.29) is 66.2 Å². The Labute approximate surface area is 386 Å². The Kier molecular flexibility index (Phi) is 13.8. The average Bonchev–Trinajstić information content (AvgIpc) is 3.67. The third kappa shape index (κ3) is 11.0. The molecule has 7 atom stereocenters. The molecule has 0 spiro atoms. The molecule has 0 aromatic heterocycles. The van der Waals surface area contributed by atoms with Crippen LogP contribution in [0.5, 0.6) is 0 Å². The molecular formula is C53H72N6O6. The van der Waals surface area contributed by atoms with Crippen LogP contribution in [0.1, 0.15) is 147 Å². The van der Waals surface area contributed by atoms with Gasteiger partial charge in [0, 0.05) is 37.2 Å². The molecule has 0 bridgehead atoms. The lowest BCUT2D eigenvalue weighted by Gasteiger charge is -2.40. The van der Waals surface area contributed by atoms with E-state index in [1.165, 1.54) is 11.1 Å². The van der Waals surface area contributed by atoms with Gasteiger partial charge in [-0.3, -0.25) is 19.2 Å². The summed E-state index contributed by atoms with van der Waals surface area (Å²) in [5, 5.41) is 13.2. The van der Waals surface area contributed by atoms with Crippen LogP contribution in [0, 0.1) is 16.7 Å². The predicted octanol–water partition coefficient (Wildman–Crippen LogP) is 8.33. The molecule has 2 aliphatic carbocycles. The third-order valence-electron chi connectivity index (χ3n) is 14.0. The number of ether oxygens (including phenoxy) is 1. The number of hydrogen-bond donors (Lipinski definition) is 4. The maximum Gasteiger partial charge on any atom is 0.408 e. The van der Waals surface area contributed by atoms with Crippen LogP contribution < -0.4 is 21.3 Å². The number of amides is 5. The molecule has 12 heteroatoms. The summed E-state index contributed by atoms with van der Waals surface area (Å²) in [4.78, 5) is 74.6. The lowest BCUT2D eigenvalue weighted by Crippen LogP contribution is -2.58. The minimum Gasteiger partial charge on any atom is -0.444 e. The van der Waals surface area contributed by atoms with Crippen molar-refractivity contribution >= 4 is 35.4 Å². The summed E-state index contributed by atoms with van der Waals surface area (Å²) in [6, 6.07) is 19.5. The molecule has 0 saturated carbocycles. The highest BCUT2D eigenvalue weighted by atomic mass is 16.6. The van der Waals surface area contributed by atoms with E-state index in [4.69, 9.17) is 4.74 Å². The average molecular weight is 889 g/mol. The van der Waals surface area contributed by atoms with Gasteiger partial charge in [0.05, 0.1) is 12.1 Å². The molecule has 1 fully saturated rings. The number of hydrogen-bond acceptors (Lipinski definition) is 7. The molecule has 3 aromatic rings. The van der Waals surface area contributed by atoms with Crippen molar-refractivity contribution in [1.82, 2.24) is 25.8 Å². The molecule has 4 aliphatic rings. The van der Waals surface area contributed by atoms with Crippen molar-refractivity contribution in [2.45, 2.75) is 169 Å². The number of carbonyl (C=O) groups is 5. The van der Waals surface area contributed by atoms with E-state index in [1.807, 2.05) is 70.2 Å². The Morgan fingerprint density at radius 2 is 1.23 bits per heavy atom. The minimum absolute atomic E-state index is 0.0570. The molecule has 12 nitrogen and oxygen atoms in total. The fraction of sp³-hybridized carbons (Fsp3) is 0.566. The number of fused-ring (bicyclic) bond motifs is 3. The van der Waals surface area contributed by atoms with Crippen LogP contribution in [0.15, 0.2) is 66.7 Å². The second kappa shape index (κ2) is 18.8. The van der Waals surface area contributed by atoms with Gasteiger partial charge in [0.2, 0.25) is 23.6 Å². The van der Waals surface area contributed by atoms with Crippen molar-refractivity contribution in [2.75, 3.05) is 11.9 Å². The summed E-state index contributed by atoms with van der Waals surface area (Å²) in [6.07, 6.45) is 5.56. The first-order valence-electron chi connectivity index (χ1n) is 23.8. The summed E-state index contributed by atoms with van der Waals surface area (Å²) in [7, 11) is 0. The van der Waals surface area contributed by atoms with E-state index in [1.54, 1.807) is 30.6 Å². The quantitative estimate of drug-likeness (QED) is 0.169. The van der Waals surface area contributed by atoms with Gasteiger partial charge in [0.25, 0.3) is 0 Å². The Hall–Kier alpha value is -5.39. The van der Waals surface area contributed by atoms with Crippen LogP contribution in [-0.4, -0.2) is 75.8 Å². The topological polar surface area (TPSA) is 149 Å². The van der Waals surface area contributed by atoms with Gasteiger partial charge >= 0.3 is 6.09 Å². The number of nitrogens with one attached hydrogen (secondary N) is 4. The van der Waals surface area contributed by atoms with Crippen molar-refractivity contribution < 1.29 is 28.7 Å². The number of alkyl carbamates (subject to hydrolysis) is 1. The Morgan fingerprint density at radius 3 is 1.78 bits per heavy atom. The number of carbonyl (C=O) groups excluding carboxylic acids is 5. The number of anilines is 1. The molecule has 1 saturated heterocycles. The van der Waals surface area contributed by atoms with E-state index >= 15 is 0 Å². The van der Waals surface area contributed by atoms with Crippen molar-refractivity contribution in [3.63, 3.8) is 0 Å². The summed E-state index contributed by atoms with van der Waals surface area (Å²) < 4.78 is 5.59. The summed E-state index contributed by atoms with van der Waals surface area (Å²) in [5.41, 5.74) is 5.70. The fourth-order valence-corrected chi connectivity index (χ4v) is 10.0. The van der Waals surface area contributed by atoms with E-state index < -0.39 is 35.2 Å². The minimum atomic E-state index is -0.970. The molecule has 5 amide bonds. The van der Waals surface area contributed by atoms with Crippen molar-refractivity contribution in [3.05, 3.63) is 100 Å². The molecule has 3 unspecified atom stereocenters. The lowest BCUT2D eigenvalue weighted by molar-refractivity contribution is -0.147. The largest absolute Gasteiger partial charge is 0.444 e. The van der Waals surface area contributed by atoms with Gasteiger partial charge in [-0.05, 0) is 122 Å². The Bertz CT molecular complexity index is 2270. The van der Waals surface area contributed by atoms with Crippen LogP contribution in [0.3, 0.4) is 0 Å². The Balaban J connectivity index is 1.14. The highest BCUT2D eigenvalue weighted by molar-refractivity contribution is 5.93. The SMILES string of the molecule is C[C@H](C(=O)N1Cc2cc(NC3C[C@@H](C(=O)NC4CCCc5ccccc54)N(C(=O)[C@@H](NC(=O)OC(C)(C)C)C(C)(C)C)C3)ccc2C[C@H]1C(=O)NC1CCCc2ccccc21)C(C)(C)C. The van der Waals surface area contributed by atoms with Crippen LogP contribution in [0.2, 0.25) is 0 Å². The zero-order valence-electron chi connectivity index (χ0n) is 40.3. The number of likely N-dealkylation sites (tertiary alicyclic amines) is 1. The fourth-order valence-electron chi connectivity index (χ4n) is 10.0. The molecule has 7 rings (SSSR count). The van der Waals surface area contributed by atoms with Crippen LogP contribution >= 0.6 is 0 Å². The first kappa shape index (κ1) is 47.6. The van der Waals surface area contributed by atoms with Crippen LogP contribution in [-0.2, 0) is 49.7 Å². The standard InChI is InChI=1S/C53H72N6O6/c1-32(51(2,3)4)48(62)58-30-36-27-37(26-25-35(36)28-43(58)46(60)55-41-23-15-19-33-17-11-13-21-39(33)41)54-38-29-44(47(61)56-42-24-16-20-34-18-12-14-22-40(34)42)59(31-38)49(63)45(52(5,6)7)57-50(64)65-53(8,9)10/h11-14,17-18,21-22,25-27,32,38,41-45,54H,15-16,19-20,23-24,28-31H2,1-10H3,(H,55,60)(H,56,61)(H,57,64)/t32-,38?,41?,42?,43+,44+,45-/m1/s1. The van der Waals surface area contributed by atoms with Gasteiger partial charge < -0.3 is 35.8 Å². The number of benzene rings is 3. The van der Waals surface area contributed by atoms with E-state index in [0.29, 0.717) is 12.8 Å². The molecular weight excluding hydrogens is 817 g/mol. The molecule has 2 aliphatic heterocycles. The molecule has 2 heterocycles. The van der Waals surface area contributed by atoms with Crippen molar-refractivity contribution in [3.8, 4) is 0 Å². The van der Waals surface area contributed by atoms with E-state index in [2.05, 4.69) is 66.3 Å². The molecule has 0 radical (unpaired) electrons. The lowest BCUT2D eigenvalue weighted by atomic mass is 9.80. The van der Waals surface area contributed by atoms with Gasteiger partial charge in [-0.25, -0.2) is 4.79 Å². The Morgan fingerprint density at radius 1 is 0.662 bits per heavy atom. The first-order chi connectivity index (χ1) is 30.6. The number of aryl methyl sites for hydroxylation is 2. The highest BCUT2D eigenvalue weighted by Crippen LogP contribution is 2.36. The van der Waals surface area contributed by atoms with Crippen molar-refractivity contribution in [1.29, 1.82) is 0 Å². The molecule has 3 aromatic carbocycles. The summed E-state index contributed by atoms with van der Waals surface area (Å²) >= 11 is 0. The maximum atomic E-state index is 14.8. The molecule has 350 valence electrons. The predicted molar refractivity (Wildman–Crippen MR) is 254 cm³/mol. The van der Waals surface area contributed by atoms with E-state index in [0.717, 1.165) is 66.5 Å². The zero-order valence-corrected chi connectivity index (χ0v) is 40.3. The van der Waals surface area contributed by atoms with Gasteiger partial charge in [0.1, 0.15) is 23.7 Å². The smallest absolute Gasteiger partial charge is 0.408 e. The number of nitrogens with zero attached hydrogens (tertiary/aromatic N) is 2. The second-order valence-electron chi connectivity index (χ2n) is 22.1. The van der Waals surface area contributed by atoms with Gasteiger partial charge in [-0.2, -0.15) is 0 Å². The second-order valence-corrected chi connectivity index (χ2v) is 22.1. The van der Waals surface area contributed by atoms with Crippen LogP contribution in [0.4, 0.5) is 10.5 Å². The highest BCUT2D eigenvalue weighted by Gasteiger charge is 2.46. The summed E-state index contributed by atoms with van der Waals surface area (Å²) in [6.45, 7) is 19.6. The van der Waals surface area contributed by atoms with Gasteiger partial charge in [-0.15, -0.1) is 0 Å². The van der Waals surface area contributed by atoms with Crippen molar-refractivity contribution in [2.24, 2.45) is 16.7 Å². The first-order valence-corrected chi connectivity index (χ1v) is 23.8. The normalized spacial score (nSPS) is 22.9. The van der Waals surface area contributed by atoms with Gasteiger partial charge in [-0.1, -0.05) is 103 Å². The number of rotatable bonds is 9. The maximum absolute atomic E-state index is 14.8. The third-order valence-corrected chi connectivity index (χ3v) is 14.0. The van der Waals surface area contributed by atoms with Gasteiger partial charge in [0.15, 0.2) is 0 Å². The zero-order chi connectivity index (χ0) is 47.0. The summed E-state index contributed by atoms with van der Waals surface area (Å²) in [5.74, 6) is -1.11. The van der Waals surface area contributed by atoms with Crippen LogP contribution in [0.25, 0.3) is 0 Å². The van der Waals surface area contributed by atoms with E-state index in [9.17, 15) is 24.0 Å².